The fraction of sp³-hybridized carbons (Fsp3) is 0.357. The van der Waals surface area contributed by atoms with Gasteiger partial charge in [0.1, 0.15) is 0 Å². The molecule has 0 saturated carbocycles. The maximum absolute atomic E-state index is 4.21. The van der Waals surface area contributed by atoms with Crippen LogP contribution in [-0.4, -0.2) is 16.3 Å². The highest BCUT2D eigenvalue weighted by molar-refractivity contribution is 9.10. The average molecular weight is 306 g/mol. The molecule has 0 amide bonds. The number of aromatic nitrogens is 2. The molecule has 1 atom stereocenters. The molecular formula is C14H16BrN3. The highest BCUT2D eigenvalue weighted by Crippen LogP contribution is 2.32. The summed E-state index contributed by atoms with van der Waals surface area (Å²) in [7, 11) is 0. The fourth-order valence-corrected chi connectivity index (χ4v) is 2.99. The molecule has 3 nitrogen and oxygen atoms in total. The first-order valence-corrected chi connectivity index (χ1v) is 7.11. The molecule has 4 heteroatoms. The molecule has 1 aliphatic carbocycles. The van der Waals surface area contributed by atoms with Gasteiger partial charge in [0.25, 0.3) is 0 Å². The number of hydrogen-bond donors (Lipinski definition) is 1. The Morgan fingerprint density at radius 2 is 2.39 bits per heavy atom. The zero-order chi connectivity index (χ0) is 12.4. The molecule has 1 heterocycles. The van der Waals surface area contributed by atoms with Crippen molar-refractivity contribution in [3.8, 4) is 0 Å². The van der Waals surface area contributed by atoms with Gasteiger partial charge in [-0.25, -0.2) is 0 Å². The lowest BCUT2D eigenvalue weighted by Crippen LogP contribution is -2.24. The first kappa shape index (κ1) is 11.9. The summed E-state index contributed by atoms with van der Waals surface area (Å²) in [6, 6.07) is 9.07. The van der Waals surface area contributed by atoms with Crippen LogP contribution in [0.15, 0.2) is 41.1 Å². The molecule has 18 heavy (non-hydrogen) atoms. The molecule has 1 aromatic heterocycles. The van der Waals surface area contributed by atoms with Gasteiger partial charge in [0, 0.05) is 29.5 Å². The van der Waals surface area contributed by atoms with Crippen molar-refractivity contribution in [3.05, 3.63) is 52.3 Å². The topological polar surface area (TPSA) is 29.9 Å². The number of rotatable bonds is 4. The molecule has 0 radical (unpaired) electrons. The van der Waals surface area contributed by atoms with Gasteiger partial charge in [-0.1, -0.05) is 22.0 Å². The van der Waals surface area contributed by atoms with Gasteiger partial charge in [-0.3, -0.25) is 4.68 Å². The molecule has 1 aliphatic rings. The Labute approximate surface area is 115 Å². The maximum Gasteiger partial charge on any atom is 0.0534 e. The van der Waals surface area contributed by atoms with Gasteiger partial charge < -0.3 is 5.32 Å². The minimum Gasteiger partial charge on any atom is -0.308 e. The predicted octanol–water partition coefficient (Wildman–Crippen LogP) is 2.92. The minimum atomic E-state index is 0.503. The van der Waals surface area contributed by atoms with E-state index in [2.05, 4.69) is 44.5 Å². The Kier molecular flexibility index (Phi) is 3.48. The quantitative estimate of drug-likeness (QED) is 0.941. The molecule has 3 rings (SSSR count). The lowest BCUT2D eigenvalue weighted by Gasteiger charge is -2.14. The molecule has 2 aromatic rings. The number of fused-ring (bicyclic) bond motifs is 1. The van der Waals surface area contributed by atoms with E-state index in [1.54, 1.807) is 0 Å². The van der Waals surface area contributed by atoms with Crippen LogP contribution in [0.5, 0.6) is 0 Å². The zero-order valence-corrected chi connectivity index (χ0v) is 11.7. The van der Waals surface area contributed by atoms with Crippen LogP contribution >= 0.6 is 15.9 Å². The van der Waals surface area contributed by atoms with E-state index in [1.165, 1.54) is 28.4 Å². The molecule has 1 unspecified atom stereocenters. The molecule has 1 aromatic carbocycles. The molecular weight excluding hydrogens is 290 g/mol. The average Bonchev–Trinajstić information content (AvgIpc) is 2.99. The number of nitrogens with one attached hydrogen (secondary N) is 1. The van der Waals surface area contributed by atoms with E-state index in [0.29, 0.717) is 6.04 Å². The number of aryl methyl sites for hydroxylation is 1. The van der Waals surface area contributed by atoms with Crippen molar-refractivity contribution < 1.29 is 0 Å². The SMILES string of the molecule is Brc1ccc2c(c1)CCC2NCCn1cccn1. The Morgan fingerprint density at radius 3 is 3.22 bits per heavy atom. The van der Waals surface area contributed by atoms with Crippen LogP contribution in [0.1, 0.15) is 23.6 Å². The third-order valence-corrected chi connectivity index (χ3v) is 3.97. The van der Waals surface area contributed by atoms with Crippen LogP contribution in [0.3, 0.4) is 0 Å². The summed E-state index contributed by atoms with van der Waals surface area (Å²) in [6.45, 7) is 1.89. The Balaban J connectivity index is 1.59. The van der Waals surface area contributed by atoms with Crippen LogP contribution in [0.4, 0.5) is 0 Å². The first-order chi connectivity index (χ1) is 8.83. The number of benzene rings is 1. The van der Waals surface area contributed by atoms with Gasteiger partial charge in [0.2, 0.25) is 0 Å². The highest BCUT2D eigenvalue weighted by Gasteiger charge is 2.21. The lowest BCUT2D eigenvalue weighted by atomic mass is 10.1. The van der Waals surface area contributed by atoms with Crippen LogP contribution in [0.25, 0.3) is 0 Å². The van der Waals surface area contributed by atoms with Gasteiger partial charge >= 0.3 is 0 Å². The summed E-state index contributed by atoms with van der Waals surface area (Å²) in [6.07, 6.45) is 6.20. The van der Waals surface area contributed by atoms with Crippen molar-refractivity contribution >= 4 is 15.9 Å². The standard InChI is InChI=1S/C14H16BrN3/c15-12-3-4-13-11(10-12)2-5-14(13)16-7-9-18-8-1-6-17-18/h1,3-4,6,8,10,14,16H,2,5,7,9H2. The summed E-state index contributed by atoms with van der Waals surface area (Å²) in [5.74, 6) is 0. The first-order valence-electron chi connectivity index (χ1n) is 6.32. The number of halogens is 1. The third kappa shape index (κ3) is 2.49. The molecule has 0 aliphatic heterocycles. The Bertz CT molecular complexity index is 522. The monoisotopic (exact) mass is 305 g/mol. The summed E-state index contributed by atoms with van der Waals surface area (Å²) < 4.78 is 3.14. The molecule has 1 N–H and O–H groups in total. The van der Waals surface area contributed by atoms with E-state index in [4.69, 9.17) is 0 Å². The van der Waals surface area contributed by atoms with Crippen LogP contribution in [-0.2, 0) is 13.0 Å². The third-order valence-electron chi connectivity index (χ3n) is 3.47. The smallest absolute Gasteiger partial charge is 0.0534 e. The van der Waals surface area contributed by atoms with E-state index in [0.717, 1.165) is 13.1 Å². The van der Waals surface area contributed by atoms with Crippen molar-refractivity contribution in [2.45, 2.75) is 25.4 Å². The van der Waals surface area contributed by atoms with E-state index < -0.39 is 0 Å². The van der Waals surface area contributed by atoms with Crippen molar-refractivity contribution in [3.63, 3.8) is 0 Å². The van der Waals surface area contributed by atoms with Crippen molar-refractivity contribution in [1.82, 2.24) is 15.1 Å². The second-order valence-electron chi connectivity index (χ2n) is 4.66. The van der Waals surface area contributed by atoms with Crippen LogP contribution < -0.4 is 5.32 Å². The molecule has 0 saturated heterocycles. The largest absolute Gasteiger partial charge is 0.308 e. The summed E-state index contributed by atoms with van der Waals surface area (Å²) in [4.78, 5) is 0. The minimum absolute atomic E-state index is 0.503. The lowest BCUT2D eigenvalue weighted by molar-refractivity contribution is 0.484. The highest BCUT2D eigenvalue weighted by atomic mass is 79.9. The molecule has 0 spiro atoms. The van der Waals surface area contributed by atoms with Crippen molar-refractivity contribution in [2.75, 3.05) is 6.54 Å². The van der Waals surface area contributed by atoms with E-state index in [1.807, 2.05) is 23.1 Å². The zero-order valence-electron chi connectivity index (χ0n) is 10.1. The predicted molar refractivity (Wildman–Crippen MR) is 75.4 cm³/mol. The van der Waals surface area contributed by atoms with Crippen molar-refractivity contribution in [2.24, 2.45) is 0 Å². The van der Waals surface area contributed by atoms with Gasteiger partial charge in [-0.15, -0.1) is 0 Å². The second kappa shape index (κ2) is 5.24. The summed E-state index contributed by atoms with van der Waals surface area (Å²) in [5, 5.41) is 7.83. The van der Waals surface area contributed by atoms with Crippen molar-refractivity contribution in [1.29, 1.82) is 0 Å². The van der Waals surface area contributed by atoms with E-state index >= 15 is 0 Å². The van der Waals surface area contributed by atoms with Crippen LogP contribution in [0.2, 0.25) is 0 Å². The molecule has 0 bridgehead atoms. The van der Waals surface area contributed by atoms with Gasteiger partial charge in [0.15, 0.2) is 0 Å². The number of hydrogen-bond acceptors (Lipinski definition) is 2. The maximum atomic E-state index is 4.21. The van der Waals surface area contributed by atoms with Gasteiger partial charge in [-0.05, 0) is 42.2 Å². The van der Waals surface area contributed by atoms with Gasteiger partial charge in [0.05, 0.1) is 6.54 Å². The summed E-state index contributed by atoms with van der Waals surface area (Å²) >= 11 is 3.53. The summed E-state index contributed by atoms with van der Waals surface area (Å²) in [5.41, 5.74) is 2.93. The fourth-order valence-electron chi connectivity index (χ4n) is 2.58. The Morgan fingerprint density at radius 1 is 1.44 bits per heavy atom. The van der Waals surface area contributed by atoms with E-state index in [-0.39, 0.29) is 0 Å². The normalized spacial score (nSPS) is 17.9. The molecule has 94 valence electrons. The number of nitrogens with zero attached hydrogens (tertiary/aromatic N) is 2. The second-order valence-corrected chi connectivity index (χ2v) is 5.57. The van der Waals surface area contributed by atoms with Gasteiger partial charge in [-0.2, -0.15) is 5.10 Å². The van der Waals surface area contributed by atoms with E-state index in [9.17, 15) is 0 Å². The van der Waals surface area contributed by atoms with Crippen LogP contribution in [0, 0.1) is 0 Å². The Hall–Kier alpha value is -1.13. The molecule has 0 fully saturated rings.